The first-order chi connectivity index (χ1) is 15.7. The lowest BCUT2D eigenvalue weighted by atomic mass is 10.0. The SMILES string of the molecule is CCc1ccc(C(CNC(=O)C(NC(=O)c2cc(OC)cc(OC)c2)C(C)C)N(C)C)cc1. The van der Waals surface area contributed by atoms with E-state index in [-0.39, 0.29) is 23.8 Å². The summed E-state index contributed by atoms with van der Waals surface area (Å²) in [6, 6.07) is 12.7. The number of hydrogen-bond donors (Lipinski definition) is 2. The lowest BCUT2D eigenvalue weighted by Gasteiger charge is -2.27. The average Bonchev–Trinajstić information content (AvgIpc) is 2.81. The van der Waals surface area contributed by atoms with Crippen molar-refractivity contribution in [2.75, 3.05) is 34.9 Å². The second-order valence-corrected chi connectivity index (χ2v) is 8.62. The second kappa shape index (κ2) is 12.3. The van der Waals surface area contributed by atoms with E-state index in [4.69, 9.17) is 9.47 Å². The van der Waals surface area contributed by atoms with Gasteiger partial charge in [0, 0.05) is 18.2 Å². The van der Waals surface area contributed by atoms with E-state index in [0.717, 1.165) is 12.0 Å². The number of methoxy groups -OCH3 is 2. The molecule has 7 nitrogen and oxygen atoms in total. The number of likely N-dealkylation sites (N-methyl/N-ethyl adjacent to an activating group) is 1. The molecule has 180 valence electrons. The summed E-state index contributed by atoms with van der Waals surface area (Å²) in [5.74, 6) is 0.342. The van der Waals surface area contributed by atoms with Crippen molar-refractivity contribution in [2.45, 2.75) is 39.3 Å². The molecular weight excluding hydrogens is 418 g/mol. The fraction of sp³-hybridized carbons (Fsp3) is 0.462. The maximum Gasteiger partial charge on any atom is 0.252 e. The van der Waals surface area contributed by atoms with Crippen molar-refractivity contribution in [3.8, 4) is 11.5 Å². The molecule has 0 radical (unpaired) electrons. The molecule has 33 heavy (non-hydrogen) atoms. The highest BCUT2D eigenvalue weighted by Gasteiger charge is 2.26. The number of ether oxygens (including phenoxy) is 2. The van der Waals surface area contributed by atoms with E-state index in [1.165, 1.54) is 19.8 Å². The van der Waals surface area contributed by atoms with Crippen LogP contribution in [0.15, 0.2) is 42.5 Å². The Kier molecular flexibility index (Phi) is 9.73. The molecule has 0 saturated heterocycles. The minimum atomic E-state index is -0.681. The molecule has 7 heteroatoms. The molecule has 2 unspecified atom stereocenters. The number of carbonyl (C=O) groups is 2. The van der Waals surface area contributed by atoms with Crippen molar-refractivity contribution in [1.29, 1.82) is 0 Å². The van der Waals surface area contributed by atoms with Crippen LogP contribution in [0, 0.1) is 5.92 Å². The number of nitrogens with zero attached hydrogens (tertiary/aromatic N) is 1. The van der Waals surface area contributed by atoms with E-state index < -0.39 is 6.04 Å². The molecule has 2 aromatic rings. The summed E-state index contributed by atoms with van der Waals surface area (Å²) in [5, 5.41) is 5.90. The van der Waals surface area contributed by atoms with Crippen molar-refractivity contribution in [2.24, 2.45) is 5.92 Å². The molecule has 0 aliphatic carbocycles. The Bertz CT molecular complexity index is 903. The first kappa shape index (κ1) is 26.2. The van der Waals surface area contributed by atoms with Gasteiger partial charge in [0.25, 0.3) is 5.91 Å². The van der Waals surface area contributed by atoms with E-state index in [9.17, 15) is 9.59 Å². The summed E-state index contributed by atoms with van der Waals surface area (Å²) in [4.78, 5) is 28.1. The van der Waals surface area contributed by atoms with Crippen LogP contribution < -0.4 is 20.1 Å². The molecule has 0 spiro atoms. The van der Waals surface area contributed by atoms with Gasteiger partial charge in [-0.3, -0.25) is 9.59 Å². The highest BCUT2D eigenvalue weighted by molar-refractivity contribution is 5.98. The number of hydrogen-bond acceptors (Lipinski definition) is 5. The monoisotopic (exact) mass is 455 g/mol. The summed E-state index contributed by atoms with van der Waals surface area (Å²) in [6.07, 6.45) is 0.985. The van der Waals surface area contributed by atoms with E-state index >= 15 is 0 Å². The molecule has 0 fully saturated rings. The number of benzene rings is 2. The topological polar surface area (TPSA) is 79.9 Å². The highest BCUT2D eigenvalue weighted by Crippen LogP contribution is 2.23. The molecular formula is C26H37N3O4. The normalized spacial score (nSPS) is 12.9. The maximum absolute atomic E-state index is 13.1. The van der Waals surface area contributed by atoms with Crippen LogP contribution >= 0.6 is 0 Å². The van der Waals surface area contributed by atoms with E-state index in [1.54, 1.807) is 18.2 Å². The largest absolute Gasteiger partial charge is 0.497 e. The fourth-order valence-electron chi connectivity index (χ4n) is 3.58. The molecule has 0 bridgehead atoms. The summed E-state index contributed by atoms with van der Waals surface area (Å²) in [6.45, 7) is 6.37. The zero-order chi connectivity index (χ0) is 24.5. The molecule has 2 N–H and O–H groups in total. The lowest BCUT2D eigenvalue weighted by Crippen LogP contribution is -2.51. The average molecular weight is 456 g/mol. The van der Waals surface area contributed by atoms with Gasteiger partial charge in [-0.1, -0.05) is 45.0 Å². The van der Waals surface area contributed by atoms with Crippen LogP contribution in [0.25, 0.3) is 0 Å². The minimum absolute atomic E-state index is 0.0195. The molecule has 2 atom stereocenters. The van der Waals surface area contributed by atoms with Crippen molar-refractivity contribution >= 4 is 11.8 Å². The van der Waals surface area contributed by atoms with Gasteiger partial charge in [0.1, 0.15) is 17.5 Å². The molecule has 0 aliphatic rings. The Morgan fingerprint density at radius 3 is 2.00 bits per heavy atom. The van der Waals surface area contributed by atoms with Gasteiger partial charge in [0.15, 0.2) is 0 Å². The number of rotatable bonds is 11. The molecule has 0 aliphatic heterocycles. The van der Waals surface area contributed by atoms with E-state index in [1.807, 2.05) is 27.9 Å². The third-order valence-electron chi connectivity index (χ3n) is 5.72. The van der Waals surface area contributed by atoms with Gasteiger partial charge < -0.3 is 25.0 Å². The Morgan fingerprint density at radius 2 is 1.55 bits per heavy atom. The van der Waals surface area contributed by atoms with Crippen LogP contribution in [0.3, 0.4) is 0 Å². The molecule has 2 aromatic carbocycles. The van der Waals surface area contributed by atoms with Crippen molar-refractivity contribution in [3.63, 3.8) is 0 Å². The minimum Gasteiger partial charge on any atom is -0.497 e. The number of amides is 2. The Labute approximate surface area is 197 Å². The lowest BCUT2D eigenvalue weighted by molar-refractivity contribution is -0.124. The van der Waals surface area contributed by atoms with Gasteiger partial charge in [0.05, 0.1) is 20.3 Å². The van der Waals surface area contributed by atoms with E-state index in [0.29, 0.717) is 23.6 Å². The molecule has 0 saturated carbocycles. The third kappa shape index (κ3) is 7.22. The van der Waals surface area contributed by atoms with E-state index in [2.05, 4.69) is 46.7 Å². The number of aryl methyl sites for hydroxylation is 1. The van der Waals surface area contributed by atoms with Crippen LogP contribution in [0.2, 0.25) is 0 Å². The first-order valence-electron chi connectivity index (χ1n) is 11.3. The van der Waals surface area contributed by atoms with Crippen LogP contribution in [-0.2, 0) is 11.2 Å². The predicted octanol–water partition coefficient (Wildman–Crippen LogP) is 3.44. The maximum atomic E-state index is 13.1. The van der Waals surface area contributed by atoms with Gasteiger partial charge in [-0.05, 0) is 49.7 Å². The molecule has 0 aromatic heterocycles. The predicted molar refractivity (Wildman–Crippen MR) is 131 cm³/mol. The van der Waals surface area contributed by atoms with Gasteiger partial charge in [-0.25, -0.2) is 0 Å². The van der Waals surface area contributed by atoms with Gasteiger partial charge in [0.2, 0.25) is 5.91 Å². The second-order valence-electron chi connectivity index (χ2n) is 8.62. The van der Waals surface area contributed by atoms with Gasteiger partial charge >= 0.3 is 0 Å². The van der Waals surface area contributed by atoms with Crippen molar-refractivity contribution in [1.82, 2.24) is 15.5 Å². The zero-order valence-corrected chi connectivity index (χ0v) is 20.8. The molecule has 2 amide bonds. The number of nitrogens with one attached hydrogen (secondary N) is 2. The van der Waals surface area contributed by atoms with Crippen LogP contribution in [-0.4, -0.2) is 57.6 Å². The highest BCUT2D eigenvalue weighted by atomic mass is 16.5. The summed E-state index contributed by atoms with van der Waals surface area (Å²) in [7, 11) is 7.03. The first-order valence-corrected chi connectivity index (χ1v) is 11.3. The van der Waals surface area contributed by atoms with Gasteiger partial charge in [-0.2, -0.15) is 0 Å². The standard InChI is InChI=1S/C26H37N3O4/c1-8-18-9-11-19(12-10-18)23(29(4)5)16-27-26(31)24(17(2)3)28-25(30)20-13-21(32-6)15-22(14-20)33-7/h9-15,17,23-24H,8,16H2,1-7H3,(H,27,31)(H,28,30). The third-order valence-corrected chi connectivity index (χ3v) is 5.72. The van der Waals surface area contributed by atoms with Crippen LogP contribution in [0.5, 0.6) is 11.5 Å². The quantitative estimate of drug-likeness (QED) is 0.543. The summed E-state index contributed by atoms with van der Waals surface area (Å²) in [5.41, 5.74) is 2.77. The van der Waals surface area contributed by atoms with Gasteiger partial charge in [-0.15, -0.1) is 0 Å². The molecule has 2 rings (SSSR count). The smallest absolute Gasteiger partial charge is 0.252 e. The van der Waals surface area contributed by atoms with Crippen molar-refractivity contribution < 1.29 is 19.1 Å². The Balaban J connectivity index is 2.11. The summed E-state index contributed by atoms with van der Waals surface area (Å²) < 4.78 is 10.5. The summed E-state index contributed by atoms with van der Waals surface area (Å²) >= 11 is 0. The Morgan fingerprint density at radius 1 is 0.970 bits per heavy atom. The zero-order valence-electron chi connectivity index (χ0n) is 20.8. The van der Waals surface area contributed by atoms with Crippen LogP contribution in [0.4, 0.5) is 0 Å². The van der Waals surface area contributed by atoms with Crippen LogP contribution in [0.1, 0.15) is 48.3 Å². The fourth-order valence-corrected chi connectivity index (χ4v) is 3.58. The Hall–Kier alpha value is -3.06. The number of carbonyl (C=O) groups excluding carboxylic acids is 2. The molecule has 0 heterocycles. The van der Waals surface area contributed by atoms with Crippen molar-refractivity contribution in [3.05, 3.63) is 59.2 Å².